The van der Waals surface area contributed by atoms with Gasteiger partial charge in [-0.15, -0.1) is 0 Å². The third-order valence-corrected chi connectivity index (χ3v) is 5.60. The molecule has 0 unspecified atom stereocenters. The molecule has 1 saturated heterocycles. The zero-order chi connectivity index (χ0) is 12.8. The lowest BCUT2D eigenvalue weighted by Crippen LogP contribution is -2.47. The van der Waals surface area contributed by atoms with Crippen LogP contribution in [0.3, 0.4) is 0 Å². The summed E-state index contributed by atoms with van der Waals surface area (Å²) in [4.78, 5) is 22.5. The first-order valence-corrected chi connectivity index (χ1v) is 8.15. The minimum absolute atomic E-state index is 0.307. The first-order valence-electron chi connectivity index (χ1n) is 7.33. The van der Waals surface area contributed by atoms with E-state index in [2.05, 4.69) is 9.80 Å². The molecule has 2 heterocycles. The zero-order valence-electron chi connectivity index (χ0n) is 11.1. The van der Waals surface area contributed by atoms with Crippen molar-refractivity contribution in [2.75, 3.05) is 31.1 Å². The standard InChI is InChI=1S/C14H19N3OS/c18-12-3-1-2-11-13(12)19-14(15-11)17-8-6-16(7-9-17)10-4-5-10/h10H,1-9H2. The third kappa shape index (κ3) is 2.19. The summed E-state index contributed by atoms with van der Waals surface area (Å²) in [5.41, 5.74) is 1.06. The SMILES string of the molecule is O=C1CCCc2nc(N3CCN(C4CC4)CC3)sc21. The molecule has 2 fully saturated rings. The molecule has 4 nitrogen and oxygen atoms in total. The Morgan fingerprint density at radius 2 is 1.89 bits per heavy atom. The molecular formula is C14H19N3OS. The van der Waals surface area contributed by atoms with Crippen molar-refractivity contribution in [3.63, 3.8) is 0 Å². The highest BCUT2D eigenvalue weighted by atomic mass is 32.1. The molecule has 1 saturated carbocycles. The highest BCUT2D eigenvalue weighted by Crippen LogP contribution is 2.33. The molecule has 0 N–H and O–H groups in total. The van der Waals surface area contributed by atoms with Gasteiger partial charge in [-0.2, -0.15) is 0 Å². The zero-order valence-corrected chi connectivity index (χ0v) is 11.9. The largest absolute Gasteiger partial charge is 0.346 e. The fraction of sp³-hybridized carbons (Fsp3) is 0.714. The van der Waals surface area contributed by atoms with Gasteiger partial charge in [0.25, 0.3) is 0 Å². The quantitative estimate of drug-likeness (QED) is 0.828. The van der Waals surface area contributed by atoms with Crippen molar-refractivity contribution in [2.24, 2.45) is 0 Å². The van der Waals surface area contributed by atoms with E-state index in [9.17, 15) is 4.79 Å². The molecule has 4 rings (SSSR count). The maximum Gasteiger partial charge on any atom is 0.186 e. The number of Topliss-reactive ketones (excluding diaryl/α,β-unsaturated/α-hetero) is 1. The van der Waals surface area contributed by atoms with E-state index in [4.69, 9.17) is 4.98 Å². The normalized spacial score (nSPS) is 24.6. The van der Waals surface area contributed by atoms with Crippen LogP contribution in [-0.2, 0) is 6.42 Å². The van der Waals surface area contributed by atoms with Gasteiger partial charge in [-0.3, -0.25) is 9.69 Å². The molecule has 102 valence electrons. The van der Waals surface area contributed by atoms with Crippen LogP contribution < -0.4 is 4.90 Å². The summed E-state index contributed by atoms with van der Waals surface area (Å²) in [6, 6.07) is 0.869. The molecule has 1 aromatic rings. The monoisotopic (exact) mass is 277 g/mol. The number of ketones is 1. The van der Waals surface area contributed by atoms with Gasteiger partial charge in [0, 0.05) is 38.6 Å². The minimum atomic E-state index is 0.307. The van der Waals surface area contributed by atoms with Gasteiger partial charge >= 0.3 is 0 Å². The van der Waals surface area contributed by atoms with Gasteiger partial charge in [0.15, 0.2) is 10.9 Å². The van der Waals surface area contributed by atoms with Crippen molar-refractivity contribution in [1.29, 1.82) is 0 Å². The molecule has 2 aliphatic carbocycles. The molecule has 0 atom stereocenters. The van der Waals surface area contributed by atoms with Crippen LogP contribution in [-0.4, -0.2) is 47.9 Å². The number of rotatable bonds is 2. The molecule has 0 bridgehead atoms. The van der Waals surface area contributed by atoms with Crippen molar-refractivity contribution < 1.29 is 4.79 Å². The Morgan fingerprint density at radius 1 is 1.11 bits per heavy atom. The fourth-order valence-electron chi connectivity index (χ4n) is 3.11. The lowest BCUT2D eigenvalue weighted by molar-refractivity contribution is 0.0976. The number of aromatic nitrogens is 1. The number of thiazole rings is 1. The molecule has 0 spiro atoms. The van der Waals surface area contributed by atoms with Crippen LogP contribution in [0.5, 0.6) is 0 Å². The Hall–Kier alpha value is -0.940. The molecule has 0 amide bonds. The summed E-state index contributed by atoms with van der Waals surface area (Å²) in [5, 5.41) is 1.08. The van der Waals surface area contributed by atoms with Crippen LogP contribution >= 0.6 is 11.3 Å². The van der Waals surface area contributed by atoms with Gasteiger partial charge < -0.3 is 4.90 Å². The number of hydrogen-bond donors (Lipinski definition) is 0. The number of aryl methyl sites for hydroxylation is 1. The lowest BCUT2D eigenvalue weighted by atomic mass is 10.0. The summed E-state index contributed by atoms with van der Waals surface area (Å²) in [7, 11) is 0. The van der Waals surface area contributed by atoms with E-state index in [0.29, 0.717) is 12.2 Å². The van der Waals surface area contributed by atoms with Gasteiger partial charge in [-0.25, -0.2) is 4.98 Å². The smallest absolute Gasteiger partial charge is 0.186 e. The van der Waals surface area contributed by atoms with Gasteiger partial charge in [-0.05, 0) is 25.7 Å². The van der Waals surface area contributed by atoms with Gasteiger partial charge in [0.2, 0.25) is 0 Å². The number of carbonyl (C=O) groups is 1. The maximum atomic E-state index is 11.9. The fourth-order valence-corrected chi connectivity index (χ4v) is 4.24. The van der Waals surface area contributed by atoms with Crippen molar-refractivity contribution in [3.8, 4) is 0 Å². The Balaban J connectivity index is 1.49. The Bertz CT molecular complexity index is 501. The van der Waals surface area contributed by atoms with Crippen LogP contribution in [0.25, 0.3) is 0 Å². The summed E-state index contributed by atoms with van der Waals surface area (Å²) < 4.78 is 0. The predicted molar refractivity (Wildman–Crippen MR) is 76.2 cm³/mol. The highest BCUT2D eigenvalue weighted by Gasteiger charge is 2.32. The van der Waals surface area contributed by atoms with Crippen molar-refractivity contribution in [2.45, 2.75) is 38.1 Å². The first kappa shape index (κ1) is 11.9. The second-order valence-electron chi connectivity index (χ2n) is 5.80. The lowest BCUT2D eigenvalue weighted by Gasteiger charge is -2.34. The maximum absolute atomic E-state index is 11.9. The van der Waals surface area contributed by atoms with Gasteiger partial charge in [-0.1, -0.05) is 11.3 Å². The number of piperazine rings is 1. The van der Waals surface area contributed by atoms with Crippen molar-refractivity contribution >= 4 is 22.3 Å². The van der Waals surface area contributed by atoms with Crippen LogP contribution in [0.2, 0.25) is 0 Å². The second kappa shape index (κ2) is 4.56. The third-order valence-electron chi connectivity index (χ3n) is 4.40. The molecule has 19 heavy (non-hydrogen) atoms. The number of nitrogens with zero attached hydrogens (tertiary/aromatic N) is 3. The molecular weight excluding hydrogens is 258 g/mol. The first-order chi connectivity index (χ1) is 9.31. The predicted octanol–water partition coefficient (Wildman–Crippen LogP) is 1.95. The molecule has 0 aromatic carbocycles. The number of fused-ring (bicyclic) bond motifs is 1. The second-order valence-corrected chi connectivity index (χ2v) is 6.78. The average molecular weight is 277 g/mol. The number of carbonyl (C=O) groups excluding carboxylic acids is 1. The van der Waals surface area contributed by atoms with Crippen LogP contribution in [0, 0.1) is 0 Å². The molecule has 1 aromatic heterocycles. The van der Waals surface area contributed by atoms with E-state index >= 15 is 0 Å². The van der Waals surface area contributed by atoms with Crippen LogP contribution in [0.4, 0.5) is 5.13 Å². The molecule has 0 radical (unpaired) electrons. The van der Waals surface area contributed by atoms with E-state index in [-0.39, 0.29) is 0 Å². The van der Waals surface area contributed by atoms with Crippen LogP contribution in [0.1, 0.15) is 41.0 Å². The molecule has 5 heteroatoms. The number of hydrogen-bond acceptors (Lipinski definition) is 5. The Kier molecular flexibility index (Phi) is 2.84. The topological polar surface area (TPSA) is 36.4 Å². The average Bonchev–Trinajstić information content (AvgIpc) is 3.19. The van der Waals surface area contributed by atoms with E-state index in [1.165, 1.54) is 12.8 Å². The van der Waals surface area contributed by atoms with Crippen LogP contribution in [0.15, 0.2) is 0 Å². The van der Waals surface area contributed by atoms with Crippen molar-refractivity contribution in [1.82, 2.24) is 9.88 Å². The number of anilines is 1. The van der Waals surface area contributed by atoms with E-state index < -0.39 is 0 Å². The minimum Gasteiger partial charge on any atom is -0.346 e. The van der Waals surface area contributed by atoms with Crippen molar-refractivity contribution in [3.05, 3.63) is 10.6 Å². The summed E-state index contributed by atoms with van der Waals surface area (Å²) in [6.45, 7) is 4.44. The summed E-state index contributed by atoms with van der Waals surface area (Å²) >= 11 is 1.62. The van der Waals surface area contributed by atoms with E-state index in [1.54, 1.807) is 11.3 Å². The van der Waals surface area contributed by atoms with Gasteiger partial charge in [0.05, 0.1) is 10.6 Å². The Morgan fingerprint density at radius 3 is 2.58 bits per heavy atom. The van der Waals surface area contributed by atoms with E-state index in [1.807, 2.05) is 0 Å². The molecule has 3 aliphatic rings. The summed E-state index contributed by atoms with van der Waals surface area (Å²) in [6.07, 6.45) is 5.45. The highest BCUT2D eigenvalue weighted by molar-refractivity contribution is 7.17. The van der Waals surface area contributed by atoms with Gasteiger partial charge in [0.1, 0.15) is 0 Å². The van der Waals surface area contributed by atoms with E-state index in [0.717, 1.165) is 60.8 Å². The Labute approximate surface area is 117 Å². The summed E-state index contributed by atoms with van der Waals surface area (Å²) in [5.74, 6) is 0.307. The molecule has 1 aliphatic heterocycles.